The molecule has 146 valence electrons. The van der Waals surface area contributed by atoms with Gasteiger partial charge in [-0.15, -0.1) is 0 Å². The van der Waals surface area contributed by atoms with E-state index in [1.165, 1.54) is 12.0 Å². The first-order valence-corrected chi connectivity index (χ1v) is 10.4. The quantitative estimate of drug-likeness (QED) is 0.603. The number of benzene rings is 2. The van der Waals surface area contributed by atoms with E-state index >= 15 is 0 Å². The first kappa shape index (κ1) is 20.2. The molecule has 5 heteroatoms. The molecule has 0 amide bonds. The Hall–Kier alpha value is -1.56. The van der Waals surface area contributed by atoms with Crippen molar-refractivity contribution < 1.29 is 14.2 Å². The zero-order valence-electron chi connectivity index (χ0n) is 16.1. The van der Waals surface area contributed by atoms with E-state index in [0.29, 0.717) is 19.3 Å². The average Bonchev–Trinajstić information content (AvgIpc) is 3.15. The van der Waals surface area contributed by atoms with Gasteiger partial charge in [0.15, 0.2) is 11.5 Å². The second-order valence-electron chi connectivity index (χ2n) is 6.88. The molecule has 27 heavy (non-hydrogen) atoms. The van der Waals surface area contributed by atoms with Gasteiger partial charge in [0.2, 0.25) is 0 Å². The number of nitrogens with one attached hydrogen (secondary N) is 1. The second-order valence-corrected chi connectivity index (χ2v) is 7.74. The summed E-state index contributed by atoms with van der Waals surface area (Å²) >= 11 is 3.66. The van der Waals surface area contributed by atoms with Crippen molar-refractivity contribution in [1.29, 1.82) is 0 Å². The molecular formula is C22H28BrNO3. The van der Waals surface area contributed by atoms with Crippen LogP contribution in [0.1, 0.15) is 36.5 Å². The Morgan fingerprint density at radius 3 is 2.81 bits per heavy atom. The monoisotopic (exact) mass is 433 g/mol. The van der Waals surface area contributed by atoms with E-state index in [-0.39, 0.29) is 0 Å². The maximum Gasteiger partial charge on any atom is 0.175 e. The fraction of sp³-hybridized carbons (Fsp3) is 0.455. The average molecular weight is 434 g/mol. The van der Waals surface area contributed by atoms with Crippen molar-refractivity contribution >= 4 is 15.9 Å². The maximum atomic E-state index is 6.09. The lowest BCUT2D eigenvalue weighted by atomic mass is 10.1. The van der Waals surface area contributed by atoms with Gasteiger partial charge in [-0.1, -0.05) is 29.8 Å². The molecule has 0 aliphatic carbocycles. The Kier molecular flexibility index (Phi) is 7.56. The fourth-order valence-electron chi connectivity index (χ4n) is 3.27. The molecule has 4 nitrogen and oxygen atoms in total. The van der Waals surface area contributed by atoms with Gasteiger partial charge in [0.25, 0.3) is 0 Å². The molecular weight excluding hydrogens is 406 g/mol. The van der Waals surface area contributed by atoms with Crippen molar-refractivity contribution in [1.82, 2.24) is 5.32 Å². The minimum Gasteiger partial charge on any atom is -0.490 e. The zero-order chi connectivity index (χ0) is 19.1. The lowest BCUT2D eigenvalue weighted by Gasteiger charge is -2.16. The van der Waals surface area contributed by atoms with Gasteiger partial charge >= 0.3 is 0 Å². The summed E-state index contributed by atoms with van der Waals surface area (Å²) in [4.78, 5) is 0. The third-order valence-corrected chi connectivity index (χ3v) is 5.15. The van der Waals surface area contributed by atoms with Gasteiger partial charge in [0.1, 0.15) is 6.61 Å². The molecule has 0 spiro atoms. The van der Waals surface area contributed by atoms with E-state index in [2.05, 4.69) is 64.6 Å². The Balaban J connectivity index is 1.65. The minimum atomic E-state index is 0.344. The van der Waals surface area contributed by atoms with Crippen LogP contribution in [0.15, 0.2) is 40.9 Å². The Labute approximate surface area is 170 Å². The number of rotatable bonds is 9. The van der Waals surface area contributed by atoms with E-state index in [1.54, 1.807) is 0 Å². The predicted molar refractivity (Wildman–Crippen MR) is 112 cm³/mol. The summed E-state index contributed by atoms with van der Waals surface area (Å²) < 4.78 is 18.5. The molecule has 0 bridgehead atoms. The summed E-state index contributed by atoms with van der Waals surface area (Å²) in [6, 6.07) is 12.5. The van der Waals surface area contributed by atoms with E-state index in [4.69, 9.17) is 14.2 Å². The minimum absolute atomic E-state index is 0.344. The van der Waals surface area contributed by atoms with E-state index in [1.807, 2.05) is 6.92 Å². The molecule has 0 unspecified atom stereocenters. The highest BCUT2D eigenvalue weighted by molar-refractivity contribution is 9.10. The topological polar surface area (TPSA) is 39.7 Å². The van der Waals surface area contributed by atoms with Crippen molar-refractivity contribution in [2.75, 3.05) is 19.8 Å². The van der Waals surface area contributed by atoms with Crippen LogP contribution in [0.3, 0.4) is 0 Å². The summed E-state index contributed by atoms with van der Waals surface area (Å²) in [6.45, 7) is 7.73. The predicted octanol–water partition coefficient (Wildman–Crippen LogP) is 5.00. The van der Waals surface area contributed by atoms with E-state index < -0.39 is 0 Å². The normalized spacial score (nSPS) is 16.5. The third kappa shape index (κ3) is 5.96. The van der Waals surface area contributed by atoms with Gasteiger partial charge in [-0.25, -0.2) is 0 Å². The molecule has 1 N–H and O–H groups in total. The standard InChI is InChI=1S/C22H28BrNO3/c1-3-25-21-12-18(13-24-14-19-8-5-9-26-19)11-20(23)22(21)27-15-17-7-4-6-16(2)10-17/h4,6-7,10-12,19,24H,3,5,8-9,13-15H2,1-2H3/t19-/m1/s1. The Bertz CT molecular complexity index is 744. The van der Waals surface area contributed by atoms with Crippen LogP contribution in [0.5, 0.6) is 11.5 Å². The number of hydrogen-bond donors (Lipinski definition) is 1. The molecule has 0 aromatic heterocycles. The molecule has 1 saturated heterocycles. The Morgan fingerprint density at radius 2 is 2.07 bits per heavy atom. The summed E-state index contributed by atoms with van der Waals surface area (Å²) in [6.07, 6.45) is 2.66. The van der Waals surface area contributed by atoms with Crippen molar-refractivity contribution in [2.45, 2.75) is 45.9 Å². The van der Waals surface area contributed by atoms with Crippen LogP contribution < -0.4 is 14.8 Å². The highest BCUT2D eigenvalue weighted by atomic mass is 79.9. The van der Waals surface area contributed by atoms with Crippen LogP contribution in [0.4, 0.5) is 0 Å². The number of hydrogen-bond acceptors (Lipinski definition) is 4. The lowest BCUT2D eigenvalue weighted by Crippen LogP contribution is -2.25. The Morgan fingerprint density at radius 1 is 1.19 bits per heavy atom. The molecule has 3 rings (SSSR count). The third-order valence-electron chi connectivity index (χ3n) is 4.56. The zero-order valence-corrected chi connectivity index (χ0v) is 17.7. The number of halogens is 1. The first-order chi connectivity index (χ1) is 13.2. The van der Waals surface area contributed by atoms with Crippen LogP contribution in [0.25, 0.3) is 0 Å². The lowest BCUT2D eigenvalue weighted by molar-refractivity contribution is 0.110. The molecule has 1 heterocycles. The molecule has 1 fully saturated rings. The van der Waals surface area contributed by atoms with E-state index in [0.717, 1.165) is 53.2 Å². The largest absolute Gasteiger partial charge is 0.490 e. The van der Waals surface area contributed by atoms with Crippen LogP contribution in [-0.2, 0) is 17.9 Å². The summed E-state index contributed by atoms with van der Waals surface area (Å²) in [5, 5.41) is 3.48. The molecule has 1 aliphatic heterocycles. The summed E-state index contributed by atoms with van der Waals surface area (Å²) in [7, 11) is 0. The van der Waals surface area contributed by atoms with Gasteiger partial charge in [-0.3, -0.25) is 0 Å². The SMILES string of the molecule is CCOc1cc(CNC[C@H]2CCCO2)cc(Br)c1OCc1cccc(C)c1. The van der Waals surface area contributed by atoms with Crippen LogP contribution in [0, 0.1) is 6.92 Å². The molecule has 1 aliphatic rings. The van der Waals surface area contributed by atoms with Gasteiger partial charge in [-0.2, -0.15) is 0 Å². The first-order valence-electron chi connectivity index (χ1n) is 9.61. The summed E-state index contributed by atoms with van der Waals surface area (Å²) in [5.41, 5.74) is 3.53. The van der Waals surface area contributed by atoms with Gasteiger partial charge in [-0.05, 0) is 65.9 Å². The van der Waals surface area contributed by atoms with Crippen molar-refractivity contribution in [3.05, 3.63) is 57.6 Å². The summed E-state index contributed by atoms with van der Waals surface area (Å²) in [5.74, 6) is 1.52. The molecule has 0 saturated carbocycles. The molecule has 1 atom stereocenters. The second kappa shape index (κ2) is 10.1. The van der Waals surface area contributed by atoms with Gasteiger partial charge in [0.05, 0.1) is 17.2 Å². The maximum absolute atomic E-state index is 6.09. The molecule has 2 aromatic rings. The van der Waals surface area contributed by atoms with Crippen molar-refractivity contribution in [3.8, 4) is 11.5 Å². The van der Waals surface area contributed by atoms with Crippen LogP contribution in [-0.4, -0.2) is 25.9 Å². The molecule has 0 radical (unpaired) electrons. The molecule has 2 aromatic carbocycles. The fourth-order valence-corrected chi connectivity index (χ4v) is 3.87. The van der Waals surface area contributed by atoms with Gasteiger partial charge in [0, 0.05) is 19.7 Å². The highest BCUT2D eigenvalue weighted by Gasteiger charge is 2.16. The van der Waals surface area contributed by atoms with Crippen molar-refractivity contribution in [2.24, 2.45) is 0 Å². The van der Waals surface area contributed by atoms with Crippen LogP contribution in [0.2, 0.25) is 0 Å². The van der Waals surface area contributed by atoms with Crippen molar-refractivity contribution in [3.63, 3.8) is 0 Å². The smallest absolute Gasteiger partial charge is 0.175 e. The van der Waals surface area contributed by atoms with E-state index in [9.17, 15) is 0 Å². The van der Waals surface area contributed by atoms with Gasteiger partial charge < -0.3 is 19.5 Å². The number of aryl methyl sites for hydroxylation is 1. The highest BCUT2D eigenvalue weighted by Crippen LogP contribution is 2.37. The number of ether oxygens (including phenoxy) is 3. The van der Waals surface area contributed by atoms with Crippen LogP contribution >= 0.6 is 15.9 Å².